The summed E-state index contributed by atoms with van der Waals surface area (Å²) in [6, 6.07) is 3.58. The van der Waals surface area contributed by atoms with E-state index in [1.165, 1.54) is 0 Å². The minimum atomic E-state index is -4.49. The van der Waals surface area contributed by atoms with E-state index in [0.717, 1.165) is 24.0 Å². The Hall–Kier alpha value is -2.77. The number of hydrogen-bond acceptors (Lipinski definition) is 3. The Morgan fingerprint density at radius 2 is 2.12 bits per heavy atom. The highest BCUT2D eigenvalue weighted by molar-refractivity contribution is 6.22. The van der Waals surface area contributed by atoms with Crippen molar-refractivity contribution in [3.8, 4) is 11.3 Å². The number of anilines is 1. The van der Waals surface area contributed by atoms with E-state index in [2.05, 4.69) is 10.3 Å². The van der Waals surface area contributed by atoms with Crippen LogP contribution in [0, 0.1) is 6.92 Å². The van der Waals surface area contributed by atoms with Crippen LogP contribution in [0.2, 0.25) is 0 Å². The van der Waals surface area contributed by atoms with Crippen molar-refractivity contribution < 1.29 is 18.0 Å². The Bertz CT molecular complexity index is 883. The summed E-state index contributed by atoms with van der Waals surface area (Å²) in [5, 5.41) is 5.16. The van der Waals surface area contributed by atoms with Crippen LogP contribution in [0.1, 0.15) is 18.3 Å². The quantitative estimate of drug-likeness (QED) is 0.879. The molecule has 26 heavy (non-hydrogen) atoms. The molecule has 1 aliphatic heterocycles. The summed E-state index contributed by atoms with van der Waals surface area (Å²) in [7, 11) is 1.88. The number of imidazole rings is 1. The van der Waals surface area contributed by atoms with Crippen LogP contribution in [-0.4, -0.2) is 34.2 Å². The SMILES string of the molecule is Cc1ncc(-c2ccc3c(c2)C(C(=O)N[C@@H](C)C(F)(F)F)=CCN3)n1C. The third-order valence-corrected chi connectivity index (χ3v) is 4.51. The first-order valence-electron chi connectivity index (χ1n) is 8.13. The van der Waals surface area contributed by atoms with Crippen LogP contribution in [-0.2, 0) is 11.8 Å². The van der Waals surface area contributed by atoms with Crippen LogP contribution in [0.4, 0.5) is 18.9 Å². The van der Waals surface area contributed by atoms with Crippen molar-refractivity contribution in [3.05, 3.63) is 41.9 Å². The van der Waals surface area contributed by atoms with Gasteiger partial charge >= 0.3 is 6.18 Å². The molecule has 0 unspecified atom stereocenters. The number of nitrogens with one attached hydrogen (secondary N) is 2. The van der Waals surface area contributed by atoms with Crippen LogP contribution in [0.5, 0.6) is 0 Å². The minimum Gasteiger partial charge on any atom is -0.381 e. The minimum absolute atomic E-state index is 0.232. The second-order valence-corrected chi connectivity index (χ2v) is 6.25. The second-order valence-electron chi connectivity index (χ2n) is 6.25. The first kappa shape index (κ1) is 18.0. The Morgan fingerprint density at radius 3 is 2.73 bits per heavy atom. The fraction of sp³-hybridized carbons (Fsp3) is 0.333. The molecule has 3 rings (SSSR count). The number of rotatable bonds is 3. The lowest BCUT2D eigenvalue weighted by molar-refractivity contribution is -0.156. The molecule has 8 heteroatoms. The van der Waals surface area contributed by atoms with Gasteiger partial charge in [-0.1, -0.05) is 12.1 Å². The second kappa shape index (κ2) is 6.51. The number of nitrogens with zero attached hydrogens (tertiary/aromatic N) is 2. The van der Waals surface area contributed by atoms with Gasteiger partial charge in [0.1, 0.15) is 11.9 Å². The molecule has 5 nitrogen and oxygen atoms in total. The number of benzene rings is 1. The highest BCUT2D eigenvalue weighted by Gasteiger charge is 2.37. The Labute approximate surface area is 148 Å². The molecule has 0 fully saturated rings. The average molecular weight is 364 g/mol. The van der Waals surface area contributed by atoms with Crippen LogP contribution in [0.25, 0.3) is 16.8 Å². The maximum atomic E-state index is 12.7. The molecule has 1 aliphatic rings. The number of aromatic nitrogens is 2. The van der Waals surface area contributed by atoms with Gasteiger partial charge in [-0.25, -0.2) is 4.98 Å². The van der Waals surface area contributed by atoms with Crippen LogP contribution >= 0.6 is 0 Å². The molecule has 1 aromatic heterocycles. The number of hydrogen-bond donors (Lipinski definition) is 2. The molecular weight excluding hydrogens is 345 g/mol. The third kappa shape index (κ3) is 3.31. The fourth-order valence-electron chi connectivity index (χ4n) is 2.80. The van der Waals surface area contributed by atoms with Crippen LogP contribution in [0.3, 0.4) is 0 Å². The van der Waals surface area contributed by atoms with Gasteiger partial charge in [-0.05, 0) is 26.0 Å². The smallest absolute Gasteiger partial charge is 0.381 e. The largest absolute Gasteiger partial charge is 0.408 e. The van der Waals surface area contributed by atoms with E-state index in [0.29, 0.717) is 17.8 Å². The van der Waals surface area contributed by atoms with E-state index in [-0.39, 0.29) is 5.57 Å². The summed E-state index contributed by atoms with van der Waals surface area (Å²) in [6.07, 6.45) is -1.17. The van der Waals surface area contributed by atoms with E-state index in [4.69, 9.17) is 0 Å². The fourth-order valence-corrected chi connectivity index (χ4v) is 2.80. The zero-order valence-corrected chi connectivity index (χ0v) is 14.6. The van der Waals surface area contributed by atoms with Gasteiger partial charge < -0.3 is 15.2 Å². The summed E-state index contributed by atoms with van der Waals surface area (Å²) in [4.78, 5) is 16.7. The van der Waals surface area contributed by atoms with Crippen molar-refractivity contribution >= 4 is 17.2 Å². The van der Waals surface area contributed by atoms with Crippen molar-refractivity contribution in [2.45, 2.75) is 26.1 Å². The normalized spacial score (nSPS) is 14.9. The first-order chi connectivity index (χ1) is 12.2. The average Bonchev–Trinajstić information content (AvgIpc) is 2.92. The summed E-state index contributed by atoms with van der Waals surface area (Å²) in [5.41, 5.74) is 3.20. The lowest BCUT2D eigenvalue weighted by atomic mass is 9.96. The van der Waals surface area contributed by atoms with E-state index in [1.54, 1.807) is 18.3 Å². The summed E-state index contributed by atoms with van der Waals surface area (Å²) < 4.78 is 40.2. The summed E-state index contributed by atoms with van der Waals surface area (Å²) in [5.74, 6) is 0.0965. The first-order valence-corrected chi connectivity index (χ1v) is 8.13. The molecule has 2 N–H and O–H groups in total. The topological polar surface area (TPSA) is 59.0 Å². The highest BCUT2D eigenvalue weighted by Crippen LogP contribution is 2.33. The Morgan fingerprint density at radius 1 is 1.38 bits per heavy atom. The van der Waals surface area contributed by atoms with Crippen molar-refractivity contribution in [2.75, 3.05) is 11.9 Å². The Balaban J connectivity index is 1.95. The molecule has 0 bridgehead atoms. The van der Waals surface area contributed by atoms with Crippen molar-refractivity contribution in [1.29, 1.82) is 0 Å². The molecule has 1 atom stereocenters. The van der Waals surface area contributed by atoms with Gasteiger partial charge in [0, 0.05) is 36.0 Å². The third-order valence-electron chi connectivity index (χ3n) is 4.51. The molecule has 0 radical (unpaired) electrons. The van der Waals surface area contributed by atoms with Gasteiger partial charge in [0.2, 0.25) is 0 Å². The number of carbonyl (C=O) groups excluding carboxylic acids is 1. The summed E-state index contributed by atoms with van der Waals surface area (Å²) >= 11 is 0. The maximum Gasteiger partial charge on any atom is 0.408 e. The number of halogens is 3. The molecule has 138 valence electrons. The monoisotopic (exact) mass is 364 g/mol. The zero-order chi connectivity index (χ0) is 19.1. The molecule has 2 heterocycles. The van der Waals surface area contributed by atoms with Gasteiger partial charge in [-0.2, -0.15) is 13.2 Å². The zero-order valence-electron chi connectivity index (χ0n) is 14.6. The number of alkyl halides is 3. The molecule has 1 aromatic carbocycles. The van der Waals surface area contributed by atoms with Gasteiger partial charge in [-0.3, -0.25) is 4.79 Å². The molecule has 1 amide bonds. The summed E-state index contributed by atoms with van der Waals surface area (Å²) in [6.45, 7) is 3.18. The molecule has 0 aliphatic carbocycles. The van der Waals surface area contributed by atoms with E-state index >= 15 is 0 Å². The lowest BCUT2D eigenvalue weighted by Crippen LogP contribution is -2.43. The molecule has 0 saturated carbocycles. The van der Waals surface area contributed by atoms with E-state index in [1.807, 2.05) is 36.0 Å². The van der Waals surface area contributed by atoms with Crippen LogP contribution in [0.15, 0.2) is 30.5 Å². The number of carbonyl (C=O) groups is 1. The van der Waals surface area contributed by atoms with Crippen LogP contribution < -0.4 is 10.6 Å². The highest BCUT2D eigenvalue weighted by atomic mass is 19.4. The predicted octanol–water partition coefficient (Wildman–Crippen LogP) is 3.27. The molecular formula is C18H19F3N4O. The van der Waals surface area contributed by atoms with E-state index < -0.39 is 18.1 Å². The van der Waals surface area contributed by atoms with Gasteiger partial charge in [-0.15, -0.1) is 0 Å². The van der Waals surface area contributed by atoms with Crippen molar-refractivity contribution in [1.82, 2.24) is 14.9 Å². The van der Waals surface area contributed by atoms with E-state index in [9.17, 15) is 18.0 Å². The Kier molecular flexibility index (Phi) is 4.52. The molecule has 2 aromatic rings. The standard InChI is InChI=1S/C18H19F3N4O/c1-10(18(19,20)21)24-17(26)13-6-7-22-15-5-4-12(8-14(13)15)16-9-23-11(2)25(16)3/h4-6,8-10,22H,7H2,1-3H3,(H,24,26)/t10-/m0/s1. The van der Waals surface area contributed by atoms with Crippen molar-refractivity contribution in [2.24, 2.45) is 7.05 Å². The van der Waals surface area contributed by atoms with Gasteiger partial charge in [0.25, 0.3) is 5.91 Å². The predicted molar refractivity (Wildman–Crippen MR) is 93.5 cm³/mol. The van der Waals surface area contributed by atoms with Gasteiger partial charge in [0.15, 0.2) is 0 Å². The number of amides is 1. The van der Waals surface area contributed by atoms with Gasteiger partial charge in [0.05, 0.1) is 11.9 Å². The lowest BCUT2D eigenvalue weighted by Gasteiger charge is -2.22. The number of fused-ring (bicyclic) bond motifs is 1. The molecule has 0 saturated heterocycles. The van der Waals surface area contributed by atoms with Crippen molar-refractivity contribution in [3.63, 3.8) is 0 Å². The number of aryl methyl sites for hydroxylation is 1. The maximum absolute atomic E-state index is 12.7. The molecule has 0 spiro atoms.